The topological polar surface area (TPSA) is 212 Å². The predicted molar refractivity (Wildman–Crippen MR) is 201 cm³/mol. The molecule has 14 nitrogen and oxygen atoms in total. The minimum absolute atomic E-state index is 0.0443. The van der Waals surface area contributed by atoms with E-state index in [1.54, 1.807) is 20.8 Å². The standard InChI is InChI=1S/C39H58N6O8/c1-25(2)34(39(51)52-6)45(32(46)21-15-9-12-18-29-16-10-7-11-17-29)38(50)33(41)26(3)22-42-35(47)27(4)43-36(48)28(5)44-37(49)31(40)24-53-23-30-19-13-8-14-20-30/h7-8,10-11,13-14,16-17,19-20,25-28,31,33-34H,9,12,15,18,21-24,40-41H2,1-6H3,(H,42,47)(H,43,48)(H,44,49)/t26?,27-,28-,31-,33-,34-/m0/s1. The number of nitrogens with one attached hydrogen (secondary N) is 3. The van der Waals surface area contributed by atoms with Gasteiger partial charge in [0.05, 0.1) is 26.4 Å². The van der Waals surface area contributed by atoms with Crippen molar-refractivity contribution in [2.75, 3.05) is 20.3 Å². The van der Waals surface area contributed by atoms with Gasteiger partial charge in [-0.2, -0.15) is 0 Å². The van der Waals surface area contributed by atoms with Gasteiger partial charge in [-0.1, -0.05) is 87.9 Å². The van der Waals surface area contributed by atoms with Crippen molar-refractivity contribution in [1.82, 2.24) is 20.9 Å². The molecule has 0 aliphatic heterocycles. The van der Waals surface area contributed by atoms with E-state index in [1.807, 2.05) is 60.7 Å². The van der Waals surface area contributed by atoms with E-state index in [2.05, 4.69) is 16.0 Å². The molecule has 0 spiro atoms. The van der Waals surface area contributed by atoms with Crippen molar-refractivity contribution in [3.8, 4) is 0 Å². The molecule has 2 aromatic carbocycles. The summed E-state index contributed by atoms with van der Waals surface area (Å²) < 4.78 is 10.5. The monoisotopic (exact) mass is 738 g/mol. The van der Waals surface area contributed by atoms with Crippen molar-refractivity contribution < 1.29 is 38.2 Å². The molecule has 0 saturated heterocycles. The molecule has 14 heteroatoms. The number of nitrogens with zero attached hydrogens (tertiary/aromatic N) is 1. The Bertz CT molecular complexity index is 1470. The summed E-state index contributed by atoms with van der Waals surface area (Å²) in [5.41, 5.74) is 14.4. The summed E-state index contributed by atoms with van der Waals surface area (Å²) in [6.07, 6.45) is 3.03. The SMILES string of the molecule is COC(=O)[C@H](C(C)C)N(C(=O)CCCCCc1ccccc1)C(=O)[C@@H](N)C(C)CNC(=O)[C@H](C)NC(=O)[C@H](C)NC(=O)[C@@H](N)COCc1ccccc1. The van der Waals surface area contributed by atoms with Gasteiger partial charge in [0.15, 0.2) is 0 Å². The van der Waals surface area contributed by atoms with Crippen LogP contribution in [0.25, 0.3) is 0 Å². The Balaban J connectivity index is 1.90. The van der Waals surface area contributed by atoms with Gasteiger partial charge in [-0.15, -0.1) is 0 Å². The molecule has 0 aromatic heterocycles. The summed E-state index contributed by atoms with van der Waals surface area (Å²) in [7, 11) is 1.19. The Morgan fingerprint density at radius 2 is 1.30 bits per heavy atom. The van der Waals surface area contributed by atoms with Crippen LogP contribution in [0.1, 0.15) is 71.4 Å². The van der Waals surface area contributed by atoms with Crippen molar-refractivity contribution in [2.24, 2.45) is 23.3 Å². The second kappa shape index (κ2) is 23.1. The summed E-state index contributed by atoms with van der Waals surface area (Å²) >= 11 is 0. The van der Waals surface area contributed by atoms with Gasteiger partial charge >= 0.3 is 5.97 Å². The van der Waals surface area contributed by atoms with E-state index in [4.69, 9.17) is 20.9 Å². The van der Waals surface area contributed by atoms with Crippen LogP contribution in [0.4, 0.5) is 0 Å². The molecule has 0 heterocycles. The van der Waals surface area contributed by atoms with Crippen LogP contribution in [-0.4, -0.2) is 90.9 Å². The normalized spacial score (nSPS) is 14.5. The van der Waals surface area contributed by atoms with Crippen molar-refractivity contribution in [3.05, 3.63) is 71.8 Å². The van der Waals surface area contributed by atoms with Crippen molar-refractivity contribution in [2.45, 2.75) is 104 Å². The first kappa shape index (κ1) is 44.5. The fourth-order valence-electron chi connectivity index (χ4n) is 5.45. The highest BCUT2D eigenvalue weighted by Crippen LogP contribution is 2.19. The van der Waals surface area contributed by atoms with Gasteiger partial charge in [-0.25, -0.2) is 4.79 Å². The van der Waals surface area contributed by atoms with Crippen LogP contribution < -0.4 is 27.4 Å². The zero-order valence-electron chi connectivity index (χ0n) is 31.8. The van der Waals surface area contributed by atoms with Crippen LogP contribution in [0, 0.1) is 11.8 Å². The molecule has 2 aromatic rings. The molecule has 0 aliphatic rings. The number of amides is 5. The second-order valence-corrected chi connectivity index (χ2v) is 13.7. The number of nitrogens with two attached hydrogens (primary N) is 2. The molecular weight excluding hydrogens is 680 g/mol. The highest BCUT2D eigenvalue weighted by molar-refractivity contribution is 6.01. The number of hydrogen-bond acceptors (Lipinski definition) is 10. The first-order valence-electron chi connectivity index (χ1n) is 18.2. The number of hydrogen-bond donors (Lipinski definition) is 5. The van der Waals surface area contributed by atoms with E-state index in [-0.39, 0.29) is 26.2 Å². The van der Waals surface area contributed by atoms with Gasteiger partial charge in [0.2, 0.25) is 29.5 Å². The van der Waals surface area contributed by atoms with E-state index >= 15 is 0 Å². The summed E-state index contributed by atoms with van der Waals surface area (Å²) in [5, 5.41) is 7.73. The van der Waals surface area contributed by atoms with Gasteiger partial charge in [0, 0.05) is 13.0 Å². The number of methoxy groups -OCH3 is 1. The maximum Gasteiger partial charge on any atom is 0.329 e. The molecule has 0 bridgehead atoms. The molecule has 6 atom stereocenters. The van der Waals surface area contributed by atoms with Crippen molar-refractivity contribution in [1.29, 1.82) is 0 Å². The first-order chi connectivity index (χ1) is 25.2. The molecule has 7 N–H and O–H groups in total. The summed E-state index contributed by atoms with van der Waals surface area (Å²) in [6.45, 7) is 8.12. The quantitative estimate of drug-likeness (QED) is 0.0876. The number of imide groups is 1. The van der Waals surface area contributed by atoms with Crippen LogP contribution in [0.2, 0.25) is 0 Å². The third-order valence-electron chi connectivity index (χ3n) is 8.80. The Morgan fingerprint density at radius 1 is 0.736 bits per heavy atom. The molecule has 0 aliphatic carbocycles. The zero-order valence-corrected chi connectivity index (χ0v) is 31.8. The Hall–Kier alpha value is -4.66. The van der Waals surface area contributed by atoms with Crippen LogP contribution in [0.15, 0.2) is 60.7 Å². The van der Waals surface area contributed by atoms with E-state index in [9.17, 15) is 28.8 Å². The van der Waals surface area contributed by atoms with Gasteiger partial charge in [0.1, 0.15) is 24.2 Å². The van der Waals surface area contributed by atoms with Gasteiger partial charge in [0.25, 0.3) is 0 Å². The lowest BCUT2D eigenvalue weighted by Crippen LogP contribution is -2.58. The minimum Gasteiger partial charge on any atom is -0.467 e. The molecule has 0 saturated carbocycles. The zero-order chi connectivity index (χ0) is 39.5. The molecule has 2 rings (SSSR count). The smallest absolute Gasteiger partial charge is 0.329 e. The second-order valence-electron chi connectivity index (χ2n) is 13.7. The average molecular weight is 739 g/mol. The van der Waals surface area contributed by atoms with E-state index in [0.29, 0.717) is 6.42 Å². The van der Waals surface area contributed by atoms with Gasteiger partial charge in [-0.05, 0) is 56.1 Å². The molecule has 0 fully saturated rings. The average Bonchev–Trinajstić information content (AvgIpc) is 3.15. The Morgan fingerprint density at radius 3 is 1.89 bits per heavy atom. The Labute approximate surface area is 313 Å². The third kappa shape index (κ3) is 15.1. The van der Waals surface area contributed by atoms with Crippen molar-refractivity contribution in [3.63, 3.8) is 0 Å². The lowest BCUT2D eigenvalue weighted by molar-refractivity contribution is -0.162. The largest absolute Gasteiger partial charge is 0.467 e. The number of esters is 1. The maximum atomic E-state index is 13.8. The van der Waals surface area contributed by atoms with Gasteiger partial charge in [-0.3, -0.25) is 28.9 Å². The van der Waals surface area contributed by atoms with Crippen LogP contribution in [0.5, 0.6) is 0 Å². The fourth-order valence-corrected chi connectivity index (χ4v) is 5.45. The van der Waals surface area contributed by atoms with Crippen LogP contribution in [-0.2, 0) is 51.3 Å². The summed E-state index contributed by atoms with van der Waals surface area (Å²) in [4.78, 5) is 79.2. The summed E-state index contributed by atoms with van der Waals surface area (Å²) in [6, 6.07) is 13.9. The lowest BCUT2D eigenvalue weighted by atomic mass is 9.96. The van der Waals surface area contributed by atoms with Crippen LogP contribution >= 0.6 is 0 Å². The highest BCUT2D eigenvalue weighted by atomic mass is 16.5. The summed E-state index contributed by atoms with van der Waals surface area (Å²) in [5.74, 6) is -4.88. The highest BCUT2D eigenvalue weighted by Gasteiger charge is 2.40. The number of benzene rings is 2. The third-order valence-corrected chi connectivity index (χ3v) is 8.80. The molecule has 1 unspecified atom stereocenters. The molecule has 53 heavy (non-hydrogen) atoms. The molecule has 292 valence electrons. The lowest BCUT2D eigenvalue weighted by Gasteiger charge is -2.34. The number of carbonyl (C=O) groups excluding carboxylic acids is 6. The van der Waals surface area contributed by atoms with Gasteiger partial charge < -0.3 is 36.9 Å². The number of rotatable bonds is 22. The minimum atomic E-state index is -1.25. The number of carbonyl (C=O) groups is 6. The maximum absolute atomic E-state index is 13.8. The van der Waals surface area contributed by atoms with E-state index < -0.39 is 77.6 Å². The molecule has 5 amide bonds. The van der Waals surface area contributed by atoms with Crippen molar-refractivity contribution >= 4 is 35.5 Å². The number of unbranched alkanes of at least 4 members (excludes halogenated alkanes) is 2. The van der Waals surface area contributed by atoms with E-state index in [1.165, 1.54) is 26.5 Å². The molecule has 0 radical (unpaired) electrons. The number of ether oxygens (including phenoxy) is 2. The first-order valence-corrected chi connectivity index (χ1v) is 18.2. The predicted octanol–water partition coefficient (Wildman–Crippen LogP) is 1.98. The fraction of sp³-hybridized carbons (Fsp3) is 0.538. The number of aryl methyl sites for hydroxylation is 1. The Kier molecular flexibility index (Phi) is 19.4. The molecular formula is C39H58N6O8. The van der Waals surface area contributed by atoms with E-state index in [0.717, 1.165) is 29.7 Å². The van der Waals surface area contributed by atoms with Crippen LogP contribution in [0.3, 0.4) is 0 Å².